The summed E-state index contributed by atoms with van der Waals surface area (Å²) in [5.41, 5.74) is 3.63. The van der Waals surface area contributed by atoms with Crippen LogP contribution >= 0.6 is 0 Å². The van der Waals surface area contributed by atoms with Gasteiger partial charge in [0.15, 0.2) is 5.69 Å². The molecule has 0 aromatic heterocycles. The predicted molar refractivity (Wildman–Crippen MR) is 75.5 cm³/mol. The van der Waals surface area contributed by atoms with E-state index in [0.717, 1.165) is 29.7 Å². The second-order valence-electron chi connectivity index (χ2n) is 5.31. The van der Waals surface area contributed by atoms with Gasteiger partial charge < -0.3 is 0 Å². The van der Waals surface area contributed by atoms with Crippen molar-refractivity contribution in [1.29, 1.82) is 0 Å². The van der Waals surface area contributed by atoms with E-state index in [9.17, 15) is 4.21 Å². The Kier molecular flexibility index (Phi) is 3.36. The maximum absolute atomic E-state index is 12.0. The number of hydrogen-bond acceptors (Lipinski definition) is 1. The lowest BCUT2D eigenvalue weighted by Crippen LogP contribution is -2.20. The third kappa shape index (κ3) is 2.37. The quantitative estimate of drug-likeness (QED) is 0.712. The summed E-state index contributed by atoms with van der Waals surface area (Å²) < 4.78 is 16.1. The molecule has 0 heterocycles. The zero-order valence-corrected chi connectivity index (χ0v) is 11.7. The normalized spacial score (nSPS) is 18.4. The van der Waals surface area contributed by atoms with Gasteiger partial charge in [0.1, 0.15) is 11.0 Å². The van der Waals surface area contributed by atoms with Crippen LogP contribution in [0.15, 0.2) is 22.6 Å². The Labute approximate surface area is 110 Å². The maximum atomic E-state index is 12.0. The first-order valence-electron chi connectivity index (χ1n) is 5.93. The molecule has 1 atom stereocenters. The van der Waals surface area contributed by atoms with Crippen molar-refractivity contribution in [3.8, 4) is 0 Å². The number of fused-ring (bicyclic) bond motifs is 1. The largest absolute Gasteiger partial charge is 0.238 e. The van der Waals surface area contributed by atoms with E-state index in [1.807, 2.05) is 39.0 Å². The Morgan fingerprint density at radius 3 is 2.67 bits per heavy atom. The van der Waals surface area contributed by atoms with E-state index in [2.05, 4.69) is 9.24 Å². The Bertz CT molecular complexity index is 576. The SMILES string of the molecule is [C-]#[N+]c1cccc2c1CC/C2=N\S(=O)C(C)(C)C. The van der Waals surface area contributed by atoms with E-state index in [1.165, 1.54) is 0 Å². The summed E-state index contributed by atoms with van der Waals surface area (Å²) >= 11 is 0. The fraction of sp³-hybridized carbons (Fsp3) is 0.429. The summed E-state index contributed by atoms with van der Waals surface area (Å²) in [6, 6.07) is 5.66. The fourth-order valence-electron chi connectivity index (χ4n) is 1.92. The number of rotatable bonds is 1. The third-order valence-electron chi connectivity index (χ3n) is 2.91. The van der Waals surface area contributed by atoms with Crippen molar-refractivity contribution in [1.82, 2.24) is 0 Å². The van der Waals surface area contributed by atoms with Gasteiger partial charge in [-0.05, 0) is 44.7 Å². The summed E-state index contributed by atoms with van der Waals surface area (Å²) in [7, 11) is -1.23. The molecule has 2 rings (SSSR count). The van der Waals surface area contributed by atoms with Crippen LogP contribution in [0.4, 0.5) is 5.69 Å². The van der Waals surface area contributed by atoms with Crippen molar-refractivity contribution < 1.29 is 4.21 Å². The Hall–Kier alpha value is -1.47. The topological polar surface area (TPSA) is 33.8 Å². The lowest BCUT2D eigenvalue weighted by Gasteiger charge is -2.14. The van der Waals surface area contributed by atoms with Crippen LogP contribution in [0.2, 0.25) is 0 Å². The summed E-state index contributed by atoms with van der Waals surface area (Å²) in [6.07, 6.45) is 1.61. The van der Waals surface area contributed by atoms with Gasteiger partial charge in [-0.1, -0.05) is 18.2 Å². The first-order valence-corrected chi connectivity index (χ1v) is 7.03. The lowest BCUT2D eigenvalue weighted by atomic mass is 10.1. The van der Waals surface area contributed by atoms with E-state index in [4.69, 9.17) is 6.57 Å². The highest BCUT2D eigenvalue weighted by atomic mass is 32.2. The molecule has 0 N–H and O–H groups in total. The van der Waals surface area contributed by atoms with Crippen LogP contribution in [0.1, 0.15) is 38.3 Å². The van der Waals surface area contributed by atoms with E-state index < -0.39 is 11.0 Å². The van der Waals surface area contributed by atoms with E-state index >= 15 is 0 Å². The molecule has 0 fully saturated rings. The van der Waals surface area contributed by atoms with Gasteiger partial charge in [-0.3, -0.25) is 0 Å². The summed E-state index contributed by atoms with van der Waals surface area (Å²) in [5, 5.41) is 0. The summed E-state index contributed by atoms with van der Waals surface area (Å²) in [4.78, 5) is 3.52. The number of benzene rings is 1. The van der Waals surface area contributed by atoms with Crippen LogP contribution < -0.4 is 0 Å². The van der Waals surface area contributed by atoms with Gasteiger partial charge in [0.05, 0.1) is 17.0 Å². The zero-order chi connectivity index (χ0) is 13.3. The van der Waals surface area contributed by atoms with Crippen LogP contribution in [0, 0.1) is 6.57 Å². The molecule has 0 saturated carbocycles. The molecule has 3 nitrogen and oxygen atoms in total. The van der Waals surface area contributed by atoms with E-state index in [1.54, 1.807) is 0 Å². The van der Waals surface area contributed by atoms with Crippen LogP contribution in [0.5, 0.6) is 0 Å². The van der Waals surface area contributed by atoms with Gasteiger partial charge in [0.2, 0.25) is 0 Å². The average Bonchev–Trinajstić information content (AvgIpc) is 2.71. The van der Waals surface area contributed by atoms with Gasteiger partial charge >= 0.3 is 0 Å². The maximum Gasteiger partial charge on any atom is 0.191 e. The Morgan fingerprint density at radius 2 is 2.06 bits per heavy atom. The molecule has 0 radical (unpaired) electrons. The molecule has 1 aliphatic rings. The Balaban J connectivity index is 2.42. The zero-order valence-electron chi connectivity index (χ0n) is 10.9. The highest BCUT2D eigenvalue weighted by Gasteiger charge is 2.24. The van der Waals surface area contributed by atoms with Crippen molar-refractivity contribution in [2.24, 2.45) is 4.40 Å². The van der Waals surface area contributed by atoms with Gasteiger partial charge in [-0.25, -0.2) is 9.05 Å². The molecular formula is C14H16N2OS. The van der Waals surface area contributed by atoms with Gasteiger partial charge in [0.25, 0.3) is 0 Å². The molecule has 4 heteroatoms. The van der Waals surface area contributed by atoms with Crippen LogP contribution in [0.25, 0.3) is 4.85 Å². The second-order valence-corrected chi connectivity index (χ2v) is 7.22. The van der Waals surface area contributed by atoms with Crippen molar-refractivity contribution >= 4 is 22.4 Å². The molecule has 1 aromatic rings. The Morgan fingerprint density at radius 1 is 1.33 bits per heavy atom. The molecule has 0 aliphatic heterocycles. The molecule has 1 aliphatic carbocycles. The minimum atomic E-state index is -1.23. The van der Waals surface area contributed by atoms with Gasteiger partial charge in [0, 0.05) is 0 Å². The molecule has 1 unspecified atom stereocenters. The number of nitrogens with zero attached hydrogens (tertiary/aromatic N) is 2. The van der Waals surface area contributed by atoms with Crippen molar-refractivity contribution in [2.45, 2.75) is 38.4 Å². The van der Waals surface area contributed by atoms with Crippen LogP contribution in [0.3, 0.4) is 0 Å². The van der Waals surface area contributed by atoms with Crippen molar-refractivity contribution in [2.75, 3.05) is 0 Å². The highest BCUT2D eigenvalue weighted by molar-refractivity contribution is 7.85. The molecule has 0 amide bonds. The first-order chi connectivity index (χ1) is 8.43. The van der Waals surface area contributed by atoms with Gasteiger partial charge in [-0.2, -0.15) is 4.40 Å². The first kappa shape index (κ1) is 13.0. The highest BCUT2D eigenvalue weighted by Crippen LogP contribution is 2.31. The summed E-state index contributed by atoms with van der Waals surface area (Å²) in [5.74, 6) is 0. The molecule has 1 aromatic carbocycles. The monoisotopic (exact) mass is 260 g/mol. The second kappa shape index (κ2) is 4.66. The van der Waals surface area contributed by atoms with E-state index in [-0.39, 0.29) is 4.75 Å². The van der Waals surface area contributed by atoms with E-state index in [0.29, 0.717) is 5.69 Å². The lowest BCUT2D eigenvalue weighted by molar-refractivity contribution is 0.650. The minimum Gasteiger partial charge on any atom is -0.238 e. The fourth-order valence-corrected chi connectivity index (χ4v) is 2.59. The molecule has 0 bridgehead atoms. The van der Waals surface area contributed by atoms with Crippen molar-refractivity contribution in [3.05, 3.63) is 40.7 Å². The predicted octanol–water partition coefficient (Wildman–Crippen LogP) is 3.43. The van der Waals surface area contributed by atoms with Gasteiger partial charge in [-0.15, -0.1) is 0 Å². The standard InChI is InChI=1S/C14H16N2OS/c1-14(2,3)18(17)16-13-9-8-11-10(13)6-5-7-12(11)15-4/h5-7H,8-9H2,1-3H3/b16-13+. The number of hydrogen-bond donors (Lipinski definition) is 0. The molecule has 94 valence electrons. The molecule has 0 spiro atoms. The van der Waals surface area contributed by atoms with Crippen molar-refractivity contribution in [3.63, 3.8) is 0 Å². The minimum absolute atomic E-state index is 0.340. The molecule has 0 saturated heterocycles. The molecule has 18 heavy (non-hydrogen) atoms. The average molecular weight is 260 g/mol. The summed E-state index contributed by atoms with van der Waals surface area (Å²) in [6.45, 7) is 12.9. The van der Waals surface area contributed by atoms with Crippen LogP contribution in [-0.2, 0) is 17.4 Å². The third-order valence-corrected chi connectivity index (χ3v) is 4.35. The smallest absolute Gasteiger partial charge is 0.191 e. The van der Waals surface area contributed by atoms with Crippen LogP contribution in [-0.4, -0.2) is 14.7 Å². The molecular weight excluding hydrogens is 244 g/mol.